The monoisotopic (exact) mass is 533 g/mol. The lowest BCUT2D eigenvalue weighted by atomic mass is 10.1. The Kier molecular flexibility index (Phi) is 10.7. The van der Waals surface area contributed by atoms with Crippen molar-refractivity contribution < 1.29 is 4.79 Å². The summed E-state index contributed by atoms with van der Waals surface area (Å²) in [5, 5.41) is 7.79. The number of nitrogens with zero attached hydrogens (tertiary/aromatic N) is 4. The van der Waals surface area contributed by atoms with Crippen molar-refractivity contribution in [3.8, 4) is 0 Å². The Morgan fingerprint density at radius 1 is 1.14 bits per heavy atom. The van der Waals surface area contributed by atoms with Gasteiger partial charge < -0.3 is 15.1 Å². The van der Waals surface area contributed by atoms with Gasteiger partial charge in [-0.3, -0.25) is 14.7 Å². The van der Waals surface area contributed by atoms with Crippen molar-refractivity contribution in [1.82, 2.24) is 20.0 Å². The van der Waals surface area contributed by atoms with E-state index in [9.17, 15) is 4.79 Å². The van der Waals surface area contributed by atoms with E-state index in [-0.39, 0.29) is 24.0 Å². The van der Waals surface area contributed by atoms with E-state index < -0.39 is 0 Å². The van der Waals surface area contributed by atoms with E-state index in [2.05, 4.69) is 45.8 Å². The van der Waals surface area contributed by atoms with E-state index >= 15 is 0 Å². The summed E-state index contributed by atoms with van der Waals surface area (Å²) >= 11 is 1.74. The van der Waals surface area contributed by atoms with Crippen LogP contribution in [0.5, 0.6) is 0 Å². The van der Waals surface area contributed by atoms with Crippen molar-refractivity contribution in [3.63, 3.8) is 0 Å². The predicted octanol–water partition coefficient (Wildman–Crippen LogP) is 3.07. The maximum Gasteiger partial charge on any atom is 0.236 e. The normalized spacial score (nSPS) is 19.6. The van der Waals surface area contributed by atoms with Gasteiger partial charge in [0.05, 0.1) is 6.54 Å². The number of rotatable bonds is 6. The van der Waals surface area contributed by atoms with Crippen molar-refractivity contribution >= 4 is 47.2 Å². The zero-order valence-corrected chi connectivity index (χ0v) is 21.0. The minimum atomic E-state index is 0. The number of amides is 1. The third-order valence-corrected chi connectivity index (χ3v) is 6.40. The molecule has 0 spiro atoms. The molecule has 2 aliphatic rings. The minimum Gasteiger partial charge on any atom is -0.357 e. The van der Waals surface area contributed by atoms with E-state index in [0.29, 0.717) is 18.4 Å². The summed E-state index contributed by atoms with van der Waals surface area (Å²) in [5.41, 5.74) is 1.37. The third kappa shape index (κ3) is 7.40. The summed E-state index contributed by atoms with van der Waals surface area (Å²) in [7, 11) is 0. The molecule has 1 atom stereocenters. The van der Waals surface area contributed by atoms with Gasteiger partial charge in [-0.15, -0.1) is 24.0 Å². The third-order valence-electron chi connectivity index (χ3n) is 5.70. The van der Waals surface area contributed by atoms with E-state index in [1.807, 2.05) is 4.90 Å². The molecule has 164 valence electrons. The van der Waals surface area contributed by atoms with Crippen LogP contribution in [0, 0.1) is 0 Å². The fraction of sp³-hybridized carbons (Fsp3) is 0.714. The van der Waals surface area contributed by atoms with Crippen LogP contribution in [0.25, 0.3) is 0 Å². The van der Waals surface area contributed by atoms with E-state index in [4.69, 9.17) is 4.99 Å². The largest absolute Gasteiger partial charge is 0.357 e. The Bertz CT molecular complexity index is 625. The predicted molar refractivity (Wildman–Crippen MR) is 133 cm³/mol. The van der Waals surface area contributed by atoms with Crippen molar-refractivity contribution in [1.29, 1.82) is 0 Å². The van der Waals surface area contributed by atoms with Crippen LogP contribution in [0.1, 0.15) is 44.6 Å². The lowest BCUT2D eigenvalue weighted by Gasteiger charge is -2.37. The summed E-state index contributed by atoms with van der Waals surface area (Å²) in [6, 6.07) is 2.19. The average molecular weight is 534 g/mol. The molecule has 2 aliphatic heterocycles. The van der Waals surface area contributed by atoms with Gasteiger partial charge in [0.25, 0.3) is 0 Å². The molecule has 1 N–H and O–H groups in total. The number of aliphatic imine (C=N–C) groups is 1. The molecule has 6 nitrogen and oxygen atoms in total. The molecule has 0 bridgehead atoms. The van der Waals surface area contributed by atoms with Crippen LogP contribution in [0.4, 0.5) is 0 Å². The number of carbonyl (C=O) groups is 1. The molecular weight excluding hydrogens is 497 g/mol. The number of halogens is 1. The maximum absolute atomic E-state index is 12.5. The number of likely N-dealkylation sites (tertiary alicyclic amines) is 1. The number of guanidine groups is 1. The van der Waals surface area contributed by atoms with Crippen molar-refractivity contribution in [2.75, 3.05) is 58.9 Å². The molecule has 1 aromatic rings. The fourth-order valence-electron chi connectivity index (χ4n) is 3.86. The SMILES string of the molecule is CCNC(=NCC(C)c1ccsc1)N1CCN(CC(=O)N2CCCCC2)CC1.I. The highest BCUT2D eigenvalue weighted by molar-refractivity contribution is 14.0. The average Bonchev–Trinajstić information content (AvgIpc) is 3.27. The van der Waals surface area contributed by atoms with Crippen LogP contribution in [0.15, 0.2) is 21.8 Å². The summed E-state index contributed by atoms with van der Waals surface area (Å²) in [6.07, 6.45) is 3.58. The highest BCUT2D eigenvalue weighted by Gasteiger charge is 2.24. The van der Waals surface area contributed by atoms with Gasteiger partial charge in [-0.2, -0.15) is 11.3 Å². The van der Waals surface area contributed by atoms with Crippen LogP contribution >= 0.6 is 35.3 Å². The van der Waals surface area contributed by atoms with Crippen molar-refractivity contribution in [2.24, 2.45) is 4.99 Å². The number of hydrogen-bond acceptors (Lipinski definition) is 4. The van der Waals surface area contributed by atoms with Gasteiger partial charge in [-0.1, -0.05) is 6.92 Å². The van der Waals surface area contributed by atoms with Crippen LogP contribution in [0.2, 0.25) is 0 Å². The zero-order valence-electron chi connectivity index (χ0n) is 17.8. The van der Waals surface area contributed by atoms with Crippen molar-refractivity contribution in [3.05, 3.63) is 22.4 Å². The first-order valence-electron chi connectivity index (χ1n) is 10.7. The molecule has 1 aromatic heterocycles. The second-order valence-corrected chi connectivity index (χ2v) is 8.64. The number of carbonyl (C=O) groups excluding carboxylic acids is 1. The van der Waals surface area contributed by atoms with Crippen LogP contribution in [0.3, 0.4) is 0 Å². The molecule has 8 heteroatoms. The Morgan fingerprint density at radius 3 is 2.48 bits per heavy atom. The Morgan fingerprint density at radius 2 is 1.86 bits per heavy atom. The first-order chi connectivity index (χ1) is 13.7. The smallest absolute Gasteiger partial charge is 0.236 e. The molecule has 3 heterocycles. The first kappa shape index (κ1) is 24.4. The Balaban J connectivity index is 0.00000300. The van der Waals surface area contributed by atoms with Crippen LogP contribution in [-0.2, 0) is 4.79 Å². The van der Waals surface area contributed by atoms with E-state index in [0.717, 1.165) is 71.2 Å². The molecule has 1 unspecified atom stereocenters. The molecule has 2 fully saturated rings. The minimum absolute atomic E-state index is 0. The van der Waals surface area contributed by atoms with Crippen LogP contribution < -0.4 is 5.32 Å². The molecule has 0 aromatic carbocycles. The summed E-state index contributed by atoms with van der Waals surface area (Å²) < 4.78 is 0. The summed E-state index contributed by atoms with van der Waals surface area (Å²) in [4.78, 5) is 24.1. The quantitative estimate of drug-likeness (QED) is 0.347. The van der Waals surface area contributed by atoms with Gasteiger partial charge in [-0.05, 0) is 48.6 Å². The number of piperidine rings is 1. The highest BCUT2D eigenvalue weighted by Crippen LogP contribution is 2.18. The highest BCUT2D eigenvalue weighted by atomic mass is 127. The molecular formula is C21H36IN5OS. The summed E-state index contributed by atoms with van der Waals surface area (Å²) in [6.45, 7) is 12.2. The number of hydrogen-bond donors (Lipinski definition) is 1. The lowest BCUT2D eigenvalue weighted by Crippen LogP contribution is -2.54. The second-order valence-electron chi connectivity index (χ2n) is 7.86. The number of piperazine rings is 1. The van der Waals surface area contributed by atoms with Crippen LogP contribution in [-0.4, -0.2) is 85.5 Å². The van der Waals surface area contributed by atoms with Gasteiger partial charge in [0.15, 0.2) is 5.96 Å². The van der Waals surface area contributed by atoms with Gasteiger partial charge in [0, 0.05) is 58.3 Å². The Hall–Kier alpha value is -0.870. The number of nitrogens with one attached hydrogen (secondary N) is 1. The van der Waals surface area contributed by atoms with E-state index in [1.54, 1.807) is 11.3 Å². The van der Waals surface area contributed by atoms with Gasteiger partial charge >= 0.3 is 0 Å². The molecule has 3 rings (SSSR count). The molecule has 1 amide bonds. The molecule has 0 saturated carbocycles. The zero-order chi connectivity index (χ0) is 19.8. The molecule has 2 saturated heterocycles. The van der Waals surface area contributed by atoms with E-state index in [1.165, 1.54) is 12.0 Å². The maximum atomic E-state index is 12.5. The topological polar surface area (TPSA) is 51.2 Å². The molecule has 29 heavy (non-hydrogen) atoms. The van der Waals surface area contributed by atoms with Gasteiger partial charge in [-0.25, -0.2) is 0 Å². The standard InChI is InChI=1S/C21H35N5OS.HI/c1-3-22-21(23-15-18(2)19-7-14-28-17-19)26-12-10-24(11-13-26)16-20(27)25-8-5-4-6-9-25;/h7,14,17-18H,3-6,8-13,15-16H2,1-2H3,(H,22,23);1H. The number of thiophene rings is 1. The van der Waals surface area contributed by atoms with Gasteiger partial charge in [0.2, 0.25) is 5.91 Å². The van der Waals surface area contributed by atoms with Crippen molar-refractivity contribution in [2.45, 2.75) is 39.0 Å². The lowest BCUT2D eigenvalue weighted by molar-refractivity contribution is -0.133. The fourth-order valence-corrected chi connectivity index (χ4v) is 4.64. The molecule has 0 radical (unpaired) electrons. The Labute approximate surface area is 196 Å². The summed E-state index contributed by atoms with van der Waals surface area (Å²) in [5.74, 6) is 1.74. The molecule has 0 aliphatic carbocycles. The first-order valence-corrected chi connectivity index (χ1v) is 11.7. The second kappa shape index (κ2) is 12.7. The van der Waals surface area contributed by atoms with Gasteiger partial charge in [0.1, 0.15) is 0 Å².